The number of nitrogens with one attached hydrogen (secondary N) is 1. The number of aromatic amines is 1. The minimum absolute atomic E-state index is 0.00898. The van der Waals surface area contributed by atoms with Crippen LogP contribution < -0.4 is 21.9 Å². The van der Waals surface area contributed by atoms with E-state index in [0.717, 1.165) is 5.56 Å². The molecular weight excluding hydrogens is 324 g/mol. The maximum Gasteiger partial charge on any atom is 0.330 e. The molecule has 1 heterocycles. The van der Waals surface area contributed by atoms with Crippen molar-refractivity contribution in [2.45, 2.75) is 13.0 Å². The van der Waals surface area contributed by atoms with Crippen LogP contribution in [0.2, 0.25) is 0 Å². The minimum atomic E-state index is -0.552. The number of methoxy groups -OCH3 is 1. The predicted octanol–water partition coefficient (Wildman–Crippen LogP) is 0.00230. The van der Waals surface area contributed by atoms with Crippen molar-refractivity contribution in [2.75, 3.05) is 44.0 Å². The fourth-order valence-corrected chi connectivity index (χ4v) is 2.60. The summed E-state index contributed by atoms with van der Waals surface area (Å²) in [6.45, 7) is 1.49. The molecule has 0 aliphatic carbocycles. The Kier molecular flexibility index (Phi) is 6.79. The van der Waals surface area contributed by atoms with Crippen molar-refractivity contribution in [2.24, 2.45) is 0 Å². The summed E-state index contributed by atoms with van der Waals surface area (Å²) >= 11 is 0. The number of aliphatic hydroxyl groups excluding tert-OH is 1. The molecule has 2 rings (SSSR count). The van der Waals surface area contributed by atoms with Crippen molar-refractivity contribution >= 4 is 11.5 Å². The van der Waals surface area contributed by atoms with Gasteiger partial charge in [0.1, 0.15) is 11.5 Å². The number of ether oxygens (including phenoxy) is 1. The van der Waals surface area contributed by atoms with Crippen molar-refractivity contribution in [1.82, 2.24) is 9.55 Å². The summed E-state index contributed by atoms with van der Waals surface area (Å²) in [5.41, 5.74) is 6.20. The molecule has 0 spiro atoms. The van der Waals surface area contributed by atoms with E-state index >= 15 is 0 Å². The van der Waals surface area contributed by atoms with Crippen molar-refractivity contribution < 1.29 is 9.84 Å². The fourth-order valence-electron chi connectivity index (χ4n) is 2.60. The van der Waals surface area contributed by atoms with Gasteiger partial charge < -0.3 is 20.5 Å². The first kappa shape index (κ1) is 18.8. The minimum Gasteiger partial charge on any atom is -0.396 e. The van der Waals surface area contributed by atoms with Gasteiger partial charge in [0.25, 0.3) is 5.56 Å². The van der Waals surface area contributed by atoms with Gasteiger partial charge in [-0.25, -0.2) is 4.79 Å². The van der Waals surface area contributed by atoms with Crippen LogP contribution in [0.5, 0.6) is 0 Å². The number of nitrogens with zero attached hydrogens (tertiary/aromatic N) is 2. The van der Waals surface area contributed by atoms with Crippen LogP contribution in [0.25, 0.3) is 0 Å². The van der Waals surface area contributed by atoms with Gasteiger partial charge in [0.15, 0.2) is 0 Å². The van der Waals surface area contributed by atoms with Crippen molar-refractivity contribution in [3.63, 3.8) is 0 Å². The van der Waals surface area contributed by atoms with Crippen molar-refractivity contribution in [3.05, 3.63) is 56.7 Å². The van der Waals surface area contributed by atoms with Gasteiger partial charge in [-0.15, -0.1) is 0 Å². The molecule has 2 aromatic rings. The lowest BCUT2D eigenvalue weighted by Gasteiger charge is -2.25. The van der Waals surface area contributed by atoms with Crippen LogP contribution in [0, 0.1) is 0 Å². The van der Waals surface area contributed by atoms with E-state index in [1.807, 2.05) is 30.3 Å². The number of nitrogens with two attached hydrogens (primary N) is 1. The molecule has 0 saturated carbocycles. The zero-order valence-corrected chi connectivity index (χ0v) is 14.3. The number of hydrogen-bond acceptors (Lipinski definition) is 6. The summed E-state index contributed by atoms with van der Waals surface area (Å²) in [5, 5.41) is 9.09. The Labute approximate surface area is 145 Å². The van der Waals surface area contributed by atoms with Crippen LogP contribution in [0.15, 0.2) is 39.9 Å². The Morgan fingerprint density at radius 2 is 1.96 bits per heavy atom. The Balaban J connectivity index is 2.44. The predicted molar refractivity (Wildman–Crippen MR) is 97.1 cm³/mol. The Bertz CT molecular complexity index is 777. The van der Waals surface area contributed by atoms with Gasteiger partial charge in [-0.1, -0.05) is 30.3 Å². The average molecular weight is 348 g/mol. The highest BCUT2D eigenvalue weighted by molar-refractivity contribution is 5.62. The van der Waals surface area contributed by atoms with Gasteiger partial charge in [0, 0.05) is 26.8 Å². The monoisotopic (exact) mass is 348 g/mol. The molecule has 1 aromatic heterocycles. The molecule has 1 aromatic carbocycles. The first-order chi connectivity index (χ1) is 12.1. The number of aliphatic hydroxyl groups is 1. The van der Waals surface area contributed by atoms with E-state index in [4.69, 9.17) is 15.6 Å². The highest BCUT2D eigenvalue weighted by atomic mass is 16.5. The zero-order valence-electron chi connectivity index (χ0n) is 14.3. The molecule has 4 N–H and O–H groups in total. The van der Waals surface area contributed by atoms with Crippen LogP contribution >= 0.6 is 0 Å². The Morgan fingerprint density at radius 1 is 1.24 bits per heavy atom. The largest absolute Gasteiger partial charge is 0.396 e. The molecule has 0 fully saturated rings. The lowest BCUT2D eigenvalue weighted by Crippen LogP contribution is -2.40. The number of H-pyrrole nitrogens is 1. The molecule has 0 amide bonds. The standard InChI is InChI=1S/C17H24N4O4/c1-25-11-9-20(8-5-10-22)14-15(18)21(17(24)19-16(14)23)12-13-6-3-2-4-7-13/h2-4,6-7,22H,5,8-12,18H2,1H3,(H,19,23,24). The molecule has 25 heavy (non-hydrogen) atoms. The normalized spacial score (nSPS) is 10.8. The second-order valence-electron chi connectivity index (χ2n) is 5.62. The Hall–Kier alpha value is -2.58. The number of nitrogen functional groups attached to an aromatic ring is 1. The lowest BCUT2D eigenvalue weighted by molar-refractivity contribution is 0.204. The van der Waals surface area contributed by atoms with Crippen LogP contribution in [-0.4, -0.2) is 48.1 Å². The summed E-state index contributed by atoms with van der Waals surface area (Å²) in [6.07, 6.45) is 0.473. The van der Waals surface area contributed by atoms with E-state index in [2.05, 4.69) is 4.98 Å². The van der Waals surface area contributed by atoms with E-state index < -0.39 is 11.2 Å². The molecule has 0 aliphatic rings. The Morgan fingerprint density at radius 3 is 2.60 bits per heavy atom. The number of benzene rings is 1. The number of rotatable bonds is 9. The molecule has 8 heteroatoms. The third kappa shape index (κ3) is 4.71. The van der Waals surface area contributed by atoms with Gasteiger partial charge in [-0.05, 0) is 12.0 Å². The third-order valence-corrected chi connectivity index (χ3v) is 3.87. The van der Waals surface area contributed by atoms with Crippen LogP contribution in [0.1, 0.15) is 12.0 Å². The molecular formula is C17H24N4O4. The SMILES string of the molecule is COCCN(CCCO)c1c(N)n(Cc2ccccc2)c(=O)[nH]c1=O. The second-order valence-corrected chi connectivity index (χ2v) is 5.62. The lowest BCUT2D eigenvalue weighted by atomic mass is 10.2. The highest BCUT2D eigenvalue weighted by Gasteiger charge is 2.18. The van der Waals surface area contributed by atoms with E-state index in [0.29, 0.717) is 26.1 Å². The van der Waals surface area contributed by atoms with Crippen molar-refractivity contribution in [3.8, 4) is 0 Å². The highest BCUT2D eigenvalue weighted by Crippen LogP contribution is 2.17. The van der Waals surface area contributed by atoms with Crippen LogP contribution in [0.3, 0.4) is 0 Å². The maximum atomic E-state index is 12.3. The van der Waals surface area contributed by atoms with Crippen molar-refractivity contribution in [1.29, 1.82) is 0 Å². The molecule has 0 atom stereocenters. The average Bonchev–Trinajstić information content (AvgIpc) is 2.61. The molecule has 0 saturated heterocycles. The van der Waals surface area contributed by atoms with E-state index in [1.54, 1.807) is 12.0 Å². The molecule has 0 aliphatic heterocycles. The summed E-state index contributed by atoms with van der Waals surface area (Å²) in [7, 11) is 1.56. The first-order valence-corrected chi connectivity index (χ1v) is 8.09. The van der Waals surface area contributed by atoms with E-state index in [1.165, 1.54) is 4.57 Å². The molecule has 8 nitrogen and oxygen atoms in total. The summed E-state index contributed by atoms with van der Waals surface area (Å²) in [4.78, 5) is 28.6. The molecule has 0 unspecified atom stereocenters. The number of hydrogen-bond donors (Lipinski definition) is 3. The van der Waals surface area contributed by atoms with Gasteiger partial charge in [0.05, 0.1) is 13.2 Å². The summed E-state index contributed by atoms with van der Waals surface area (Å²) in [5.74, 6) is 0.103. The smallest absolute Gasteiger partial charge is 0.330 e. The molecule has 0 radical (unpaired) electrons. The van der Waals surface area contributed by atoms with Gasteiger partial charge in [0.2, 0.25) is 0 Å². The number of aromatic nitrogens is 2. The first-order valence-electron chi connectivity index (χ1n) is 8.09. The second kappa shape index (κ2) is 9.05. The van der Waals surface area contributed by atoms with Gasteiger partial charge in [-0.2, -0.15) is 0 Å². The van der Waals surface area contributed by atoms with Crippen LogP contribution in [0.4, 0.5) is 11.5 Å². The van der Waals surface area contributed by atoms with Crippen LogP contribution in [-0.2, 0) is 11.3 Å². The fraction of sp³-hybridized carbons (Fsp3) is 0.412. The zero-order chi connectivity index (χ0) is 18.2. The quantitative estimate of drug-likeness (QED) is 0.588. The van der Waals surface area contributed by atoms with Gasteiger partial charge >= 0.3 is 5.69 Å². The number of anilines is 2. The van der Waals surface area contributed by atoms with Gasteiger partial charge in [-0.3, -0.25) is 14.3 Å². The molecule has 0 bridgehead atoms. The van der Waals surface area contributed by atoms with E-state index in [9.17, 15) is 9.59 Å². The summed E-state index contributed by atoms with van der Waals surface area (Å²) in [6, 6.07) is 9.39. The summed E-state index contributed by atoms with van der Waals surface area (Å²) < 4.78 is 6.42. The maximum absolute atomic E-state index is 12.3. The molecule has 136 valence electrons. The third-order valence-electron chi connectivity index (χ3n) is 3.87. The van der Waals surface area contributed by atoms with E-state index in [-0.39, 0.29) is 24.7 Å². The topological polar surface area (TPSA) is 114 Å².